The van der Waals surface area contributed by atoms with Crippen molar-refractivity contribution in [2.24, 2.45) is 0 Å². The van der Waals surface area contributed by atoms with Gasteiger partial charge in [0.2, 0.25) is 0 Å². The van der Waals surface area contributed by atoms with Gasteiger partial charge in [0, 0.05) is 56.4 Å². The molecule has 6 nitrogen and oxygen atoms in total. The Morgan fingerprint density at radius 1 is 0.467 bits per heavy atom. The van der Waals surface area contributed by atoms with Crippen LogP contribution in [0.3, 0.4) is 0 Å². The van der Waals surface area contributed by atoms with E-state index in [1.54, 1.807) is 0 Å². The van der Waals surface area contributed by atoms with E-state index in [2.05, 4.69) is 179 Å². The second kappa shape index (κ2) is 18.1. The average Bonchev–Trinajstić information content (AvgIpc) is 2.59. The number of benzene rings is 1. The number of nitrogens with one attached hydrogen (secondary N) is 2. The van der Waals surface area contributed by atoms with Gasteiger partial charge in [0.15, 0.2) is 11.4 Å². The summed E-state index contributed by atoms with van der Waals surface area (Å²) < 4.78 is 0. The van der Waals surface area contributed by atoms with Crippen LogP contribution in [0.1, 0.15) is 0 Å². The molecule has 0 saturated carbocycles. The molecular weight excluding hydrogens is 1060 g/mol. The molecule has 0 saturated heterocycles. The van der Waals surface area contributed by atoms with E-state index in [1.165, 1.54) is 43.9 Å². The molecule has 12 heteroatoms. The molecule has 0 fully saturated rings. The summed E-state index contributed by atoms with van der Waals surface area (Å²) in [7, 11) is 25.9. The zero-order chi connectivity index (χ0) is 24.3. The summed E-state index contributed by atoms with van der Waals surface area (Å²) in [6.45, 7) is 0. The molecule has 30 heavy (non-hydrogen) atoms. The number of hydrogen-bond acceptors (Lipinski definition) is 4. The zero-order valence-electron chi connectivity index (χ0n) is 20.1. The van der Waals surface area contributed by atoms with Gasteiger partial charge in [0.1, 0.15) is 22.7 Å². The van der Waals surface area contributed by atoms with Gasteiger partial charge in [-0.25, -0.2) is 0 Å². The van der Waals surface area contributed by atoms with E-state index >= 15 is 0 Å². The molecule has 0 atom stereocenters. The Labute approximate surface area is 244 Å². The number of anilines is 4. The summed E-state index contributed by atoms with van der Waals surface area (Å²) in [6, 6.07) is 0. The summed E-state index contributed by atoms with van der Waals surface area (Å²) in [5, 5.41) is 0. The van der Waals surface area contributed by atoms with Crippen LogP contribution in [0.15, 0.2) is 0 Å². The molecule has 182 valence electrons. The van der Waals surface area contributed by atoms with Crippen molar-refractivity contribution in [3.63, 3.8) is 0 Å². The first kappa shape index (κ1) is 34.9. The van der Waals surface area contributed by atoms with E-state index in [0.717, 1.165) is 0 Å². The van der Waals surface area contributed by atoms with Gasteiger partial charge in [-0.2, -0.15) is 0 Å². The summed E-state index contributed by atoms with van der Waals surface area (Å²) in [6.07, 6.45) is 0. The third-order valence-electron chi connectivity index (χ3n) is 4.18. The number of hydrogen-bond donors (Lipinski definition) is 2. The maximum absolute atomic E-state index is 2.39. The standard InChI is InChI=1S/C18H36N6.2I3/c1-19(2)13-14(20(3)4)16(22(7)8)18(24(11)12)17(23(9)10)15(13)21(5)6;2*1-3-2/h1-12H3;;/q;2*-1/p+2. The van der Waals surface area contributed by atoms with E-state index in [4.69, 9.17) is 0 Å². The Morgan fingerprint density at radius 3 is 0.667 bits per heavy atom. The number of quaternary nitrogens is 2. The predicted octanol–water partition coefficient (Wildman–Crippen LogP) is -2.95. The van der Waals surface area contributed by atoms with Crippen molar-refractivity contribution < 1.29 is 36.3 Å². The molecule has 0 amide bonds. The molecule has 0 bridgehead atoms. The molecule has 1 rings (SSSR count). The summed E-state index contributed by atoms with van der Waals surface area (Å²) in [5.41, 5.74) is 7.77. The van der Waals surface area contributed by atoms with Gasteiger partial charge in [-0.15, -0.1) is 0 Å². The second-order valence-corrected chi connectivity index (χ2v) is 40.3. The summed E-state index contributed by atoms with van der Waals surface area (Å²) >= 11 is 10.6. The van der Waals surface area contributed by atoms with Crippen LogP contribution in [0.2, 0.25) is 0 Å². The topological polar surface area (TPSA) is 21.8 Å². The average molecular weight is 1100 g/mol. The van der Waals surface area contributed by atoms with Crippen LogP contribution in [-0.2, 0) is 0 Å². The van der Waals surface area contributed by atoms with Crippen molar-refractivity contribution in [1.29, 1.82) is 0 Å². The molecule has 0 aromatic heterocycles. The van der Waals surface area contributed by atoms with Crippen molar-refractivity contribution in [1.82, 2.24) is 0 Å². The molecule has 0 spiro atoms. The van der Waals surface area contributed by atoms with E-state index in [-0.39, 0.29) is 0 Å². The van der Waals surface area contributed by atoms with E-state index in [1.807, 2.05) is 0 Å². The fourth-order valence-corrected chi connectivity index (χ4v) is 3.39. The normalized spacial score (nSPS) is 10.5. The van der Waals surface area contributed by atoms with E-state index in [0.29, 0.717) is 26.5 Å². The molecule has 2 N–H and O–H groups in total. The van der Waals surface area contributed by atoms with Gasteiger partial charge in [0.05, 0.1) is 28.2 Å². The second-order valence-electron chi connectivity index (χ2n) is 7.83. The monoisotopic (exact) mass is 1100 g/mol. The minimum absolute atomic E-state index is 0.530. The Morgan fingerprint density at radius 2 is 0.600 bits per heavy atom. The third kappa shape index (κ3) is 10.5. The van der Waals surface area contributed by atoms with Gasteiger partial charge in [-0.05, 0) is 0 Å². The fraction of sp³-hybridized carbons (Fsp3) is 0.667. The Balaban J connectivity index is 0. The van der Waals surface area contributed by atoms with Crippen LogP contribution in [-0.4, -0.2) is 84.6 Å². The van der Waals surface area contributed by atoms with Crippen LogP contribution >= 0.6 is 74.5 Å². The molecular formula is C18H38I6N6. The van der Waals surface area contributed by atoms with Gasteiger partial charge in [0.25, 0.3) is 0 Å². The van der Waals surface area contributed by atoms with Crippen LogP contribution in [0, 0.1) is 0 Å². The Hall–Kier alpha value is 2.72. The van der Waals surface area contributed by atoms with Crippen molar-refractivity contribution in [2.45, 2.75) is 0 Å². The number of rotatable bonds is 6. The third-order valence-corrected chi connectivity index (χ3v) is 4.18. The number of nitrogens with zero attached hydrogens (tertiary/aromatic N) is 4. The van der Waals surface area contributed by atoms with Crippen LogP contribution in [0.5, 0.6) is 0 Å². The van der Waals surface area contributed by atoms with E-state index < -0.39 is 0 Å². The van der Waals surface area contributed by atoms with Crippen molar-refractivity contribution in [2.75, 3.05) is 104 Å². The molecule has 0 unspecified atom stereocenters. The maximum atomic E-state index is 2.39. The first-order chi connectivity index (χ1) is 13.8. The minimum atomic E-state index is 0.530. The summed E-state index contributed by atoms with van der Waals surface area (Å²) in [5.74, 6) is 0. The first-order valence-corrected chi connectivity index (χ1v) is 34.2. The van der Waals surface area contributed by atoms with Gasteiger partial charge >= 0.3 is 101 Å². The molecule has 0 heterocycles. The van der Waals surface area contributed by atoms with Crippen molar-refractivity contribution in [3.8, 4) is 0 Å². The molecule has 0 aliphatic heterocycles. The molecule has 0 aliphatic rings. The van der Waals surface area contributed by atoms with Crippen LogP contribution in [0.4, 0.5) is 34.1 Å². The van der Waals surface area contributed by atoms with Crippen LogP contribution < -0.4 is 55.9 Å². The van der Waals surface area contributed by atoms with Crippen molar-refractivity contribution in [3.05, 3.63) is 0 Å². The van der Waals surface area contributed by atoms with Gasteiger partial charge in [-0.1, -0.05) is 0 Å². The Bertz CT molecular complexity index is 470. The molecule has 1 aromatic rings. The molecule has 0 radical (unpaired) electrons. The zero-order valence-corrected chi connectivity index (χ0v) is 33.0. The molecule has 0 aliphatic carbocycles. The first-order valence-electron chi connectivity index (χ1n) is 9.04. The quantitative estimate of drug-likeness (QED) is 0.298. The van der Waals surface area contributed by atoms with Gasteiger partial charge < -0.3 is 29.4 Å². The predicted molar refractivity (Wildman–Crippen MR) is 165 cm³/mol. The SMILES string of the molecule is CN(C)c1c(N(C)C)c([NH+](C)C)c(N(C)C)c(N(C)C)c1[NH+](C)C.I[I-]I.I[I-]I. The Kier molecular flexibility index (Phi) is 21.0. The fourth-order valence-electron chi connectivity index (χ4n) is 3.39. The van der Waals surface area contributed by atoms with Crippen LogP contribution in [0.25, 0.3) is 0 Å². The summed E-state index contributed by atoms with van der Waals surface area (Å²) in [4.78, 5) is 11.6. The number of halogens is 6. The molecule has 1 aromatic carbocycles. The van der Waals surface area contributed by atoms with E-state index in [9.17, 15) is 0 Å². The van der Waals surface area contributed by atoms with Crippen molar-refractivity contribution >= 4 is 109 Å². The van der Waals surface area contributed by atoms with Gasteiger partial charge in [-0.3, -0.25) is 0 Å².